The Labute approximate surface area is 187 Å². The average Bonchev–Trinajstić information content (AvgIpc) is 2.81. The van der Waals surface area contributed by atoms with E-state index in [0.29, 0.717) is 0 Å². The number of hydrogen-bond donors (Lipinski definition) is 0. The lowest BCUT2D eigenvalue weighted by molar-refractivity contribution is 0.919. The number of benzene rings is 4. The van der Waals surface area contributed by atoms with Crippen LogP contribution in [0.1, 0.15) is 37.8 Å². The lowest BCUT2D eigenvalue weighted by atomic mass is 10.0. The molecular formula is C30H31N. The molecule has 0 saturated heterocycles. The lowest BCUT2D eigenvalue weighted by Crippen LogP contribution is -2.10. The van der Waals surface area contributed by atoms with Gasteiger partial charge in [0.15, 0.2) is 0 Å². The number of rotatable bonds is 8. The molecule has 0 bridgehead atoms. The molecular weight excluding hydrogens is 374 g/mol. The second-order valence-corrected chi connectivity index (χ2v) is 8.09. The Bertz CT molecular complexity index is 1050. The molecule has 31 heavy (non-hydrogen) atoms. The molecule has 156 valence electrons. The van der Waals surface area contributed by atoms with E-state index in [9.17, 15) is 0 Å². The highest BCUT2D eigenvalue weighted by atomic mass is 15.1. The molecule has 1 heteroatoms. The van der Waals surface area contributed by atoms with Crippen molar-refractivity contribution in [2.75, 3.05) is 4.90 Å². The van der Waals surface area contributed by atoms with Gasteiger partial charge in [-0.1, -0.05) is 93.4 Å². The van der Waals surface area contributed by atoms with Gasteiger partial charge in [-0.2, -0.15) is 0 Å². The minimum Gasteiger partial charge on any atom is -0.310 e. The fourth-order valence-electron chi connectivity index (χ4n) is 4.16. The Morgan fingerprint density at radius 1 is 0.484 bits per heavy atom. The van der Waals surface area contributed by atoms with Crippen molar-refractivity contribution in [2.24, 2.45) is 0 Å². The summed E-state index contributed by atoms with van der Waals surface area (Å²) in [6.45, 7) is 4.47. The van der Waals surface area contributed by atoms with E-state index in [2.05, 4.69) is 122 Å². The van der Waals surface area contributed by atoms with Crippen LogP contribution in [-0.4, -0.2) is 0 Å². The molecule has 0 fully saturated rings. The number of nitrogens with zero attached hydrogens (tertiary/aromatic N) is 1. The van der Waals surface area contributed by atoms with Crippen LogP contribution in [0.3, 0.4) is 0 Å². The van der Waals surface area contributed by atoms with Gasteiger partial charge in [-0.15, -0.1) is 0 Å². The van der Waals surface area contributed by atoms with Crippen molar-refractivity contribution in [3.05, 3.63) is 114 Å². The van der Waals surface area contributed by atoms with Crippen molar-refractivity contribution >= 4 is 17.1 Å². The molecule has 4 aromatic rings. The maximum atomic E-state index is 2.38. The van der Waals surface area contributed by atoms with Crippen LogP contribution in [0.2, 0.25) is 0 Å². The van der Waals surface area contributed by atoms with Gasteiger partial charge in [0.1, 0.15) is 0 Å². The molecule has 0 atom stereocenters. The van der Waals surface area contributed by atoms with Crippen molar-refractivity contribution < 1.29 is 0 Å². The molecule has 4 rings (SSSR count). The fourth-order valence-corrected chi connectivity index (χ4v) is 4.16. The van der Waals surface area contributed by atoms with Gasteiger partial charge < -0.3 is 4.90 Å². The summed E-state index contributed by atoms with van der Waals surface area (Å²) in [7, 11) is 0. The van der Waals surface area contributed by atoms with E-state index < -0.39 is 0 Å². The molecule has 0 aliphatic heterocycles. The summed E-state index contributed by atoms with van der Waals surface area (Å²) in [6.07, 6.45) is 4.51. The third kappa shape index (κ3) is 5.06. The molecule has 0 radical (unpaired) electrons. The SMILES string of the molecule is CCCc1cccc(N(c2ccc(-c3ccccc3)cc2)c2cccc(CCC)c2)c1. The van der Waals surface area contributed by atoms with Gasteiger partial charge >= 0.3 is 0 Å². The molecule has 0 aromatic heterocycles. The lowest BCUT2D eigenvalue weighted by Gasteiger charge is -2.26. The van der Waals surface area contributed by atoms with Crippen LogP contribution in [0.4, 0.5) is 17.1 Å². The van der Waals surface area contributed by atoms with E-state index >= 15 is 0 Å². The second kappa shape index (κ2) is 10.1. The summed E-state index contributed by atoms with van der Waals surface area (Å²) in [5.74, 6) is 0. The third-order valence-electron chi connectivity index (χ3n) is 5.65. The number of hydrogen-bond acceptors (Lipinski definition) is 1. The highest BCUT2D eigenvalue weighted by Gasteiger charge is 2.13. The standard InChI is InChI=1S/C30H31N/c1-3-10-24-12-8-16-29(22-24)31(30-17-9-13-25(23-30)11-4-2)28-20-18-27(19-21-28)26-14-6-5-7-15-26/h5-9,12-23H,3-4,10-11H2,1-2H3. The predicted molar refractivity (Wildman–Crippen MR) is 135 cm³/mol. The van der Waals surface area contributed by atoms with E-state index in [0.717, 1.165) is 25.7 Å². The summed E-state index contributed by atoms with van der Waals surface area (Å²) in [5.41, 5.74) is 8.87. The first-order valence-corrected chi connectivity index (χ1v) is 11.4. The Balaban J connectivity index is 1.77. The fraction of sp³-hybridized carbons (Fsp3) is 0.200. The topological polar surface area (TPSA) is 3.24 Å². The van der Waals surface area contributed by atoms with E-state index in [1.807, 2.05) is 0 Å². The highest BCUT2D eigenvalue weighted by Crippen LogP contribution is 2.36. The van der Waals surface area contributed by atoms with E-state index in [-0.39, 0.29) is 0 Å². The van der Waals surface area contributed by atoms with E-state index in [4.69, 9.17) is 0 Å². The first kappa shape index (κ1) is 20.9. The predicted octanol–water partition coefficient (Wildman–Crippen LogP) is 8.73. The summed E-state index contributed by atoms with van der Waals surface area (Å²) >= 11 is 0. The molecule has 0 heterocycles. The molecule has 0 amide bonds. The van der Waals surface area contributed by atoms with Crippen molar-refractivity contribution in [3.8, 4) is 11.1 Å². The zero-order chi connectivity index (χ0) is 21.5. The quantitative estimate of drug-likeness (QED) is 0.283. The molecule has 0 unspecified atom stereocenters. The van der Waals surface area contributed by atoms with Crippen molar-refractivity contribution in [1.82, 2.24) is 0 Å². The Hall–Kier alpha value is -3.32. The minimum absolute atomic E-state index is 1.10. The van der Waals surface area contributed by atoms with Gasteiger partial charge in [-0.05, 0) is 71.5 Å². The molecule has 0 saturated carbocycles. The maximum Gasteiger partial charge on any atom is 0.0464 e. The van der Waals surface area contributed by atoms with Gasteiger partial charge in [-0.3, -0.25) is 0 Å². The molecule has 0 aliphatic rings. The van der Waals surface area contributed by atoms with E-state index in [1.165, 1.54) is 39.3 Å². The molecule has 4 aromatic carbocycles. The summed E-state index contributed by atoms with van der Waals surface area (Å²) in [5, 5.41) is 0. The van der Waals surface area contributed by atoms with Crippen LogP contribution in [0.25, 0.3) is 11.1 Å². The molecule has 0 aliphatic carbocycles. The highest BCUT2D eigenvalue weighted by molar-refractivity contribution is 5.78. The largest absolute Gasteiger partial charge is 0.310 e. The van der Waals surface area contributed by atoms with Gasteiger partial charge in [0.2, 0.25) is 0 Å². The van der Waals surface area contributed by atoms with Crippen LogP contribution >= 0.6 is 0 Å². The van der Waals surface area contributed by atoms with Gasteiger partial charge in [0, 0.05) is 17.1 Å². The zero-order valence-corrected chi connectivity index (χ0v) is 18.6. The van der Waals surface area contributed by atoms with Crippen molar-refractivity contribution in [2.45, 2.75) is 39.5 Å². The van der Waals surface area contributed by atoms with Crippen LogP contribution in [0.15, 0.2) is 103 Å². The van der Waals surface area contributed by atoms with Crippen molar-refractivity contribution in [3.63, 3.8) is 0 Å². The zero-order valence-electron chi connectivity index (χ0n) is 18.6. The maximum absolute atomic E-state index is 2.38. The van der Waals surface area contributed by atoms with Crippen LogP contribution in [0, 0.1) is 0 Å². The molecule has 0 N–H and O–H groups in total. The summed E-state index contributed by atoms with van der Waals surface area (Å²) < 4.78 is 0. The average molecular weight is 406 g/mol. The minimum atomic E-state index is 1.10. The summed E-state index contributed by atoms with van der Waals surface area (Å²) in [4.78, 5) is 2.38. The number of anilines is 3. The second-order valence-electron chi connectivity index (χ2n) is 8.09. The first-order valence-electron chi connectivity index (χ1n) is 11.4. The van der Waals surface area contributed by atoms with Crippen LogP contribution < -0.4 is 4.90 Å². The van der Waals surface area contributed by atoms with Gasteiger partial charge in [0.25, 0.3) is 0 Å². The Morgan fingerprint density at radius 2 is 1.00 bits per heavy atom. The monoisotopic (exact) mass is 405 g/mol. The molecule has 0 spiro atoms. The Kier molecular flexibility index (Phi) is 6.84. The molecule has 1 nitrogen and oxygen atoms in total. The third-order valence-corrected chi connectivity index (χ3v) is 5.65. The Morgan fingerprint density at radius 3 is 1.52 bits per heavy atom. The smallest absolute Gasteiger partial charge is 0.0464 e. The van der Waals surface area contributed by atoms with E-state index in [1.54, 1.807) is 0 Å². The first-order chi connectivity index (χ1) is 15.3. The summed E-state index contributed by atoms with van der Waals surface area (Å²) in [6, 6.07) is 37.4. The van der Waals surface area contributed by atoms with Crippen LogP contribution in [0.5, 0.6) is 0 Å². The van der Waals surface area contributed by atoms with Gasteiger partial charge in [-0.25, -0.2) is 0 Å². The van der Waals surface area contributed by atoms with Gasteiger partial charge in [0.05, 0.1) is 0 Å². The van der Waals surface area contributed by atoms with Crippen LogP contribution in [-0.2, 0) is 12.8 Å². The normalized spacial score (nSPS) is 10.8. The van der Waals surface area contributed by atoms with Crippen molar-refractivity contribution in [1.29, 1.82) is 0 Å². The number of aryl methyl sites for hydroxylation is 2.